The summed E-state index contributed by atoms with van der Waals surface area (Å²) in [5.74, 6) is 0.217. The van der Waals surface area contributed by atoms with Crippen LogP contribution in [0, 0.1) is 6.92 Å². The van der Waals surface area contributed by atoms with Gasteiger partial charge in [0.2, 0.25) is 10.0 Å². The van der Waals surface area contributed by atoms with E-state index in [1.807, 2.05) is 31.2 Å². The van der Waals surface area contributed by atoms with Crippen LogP contribution in [0.15, 0.2) is 52.6 Å². The Kier molecular flexibility index (Phi) is 6.16. The molecule has 0 aliphatic heterocycles. The molecule has 0 unspecified atom stereocenters. The van der Waals surface area contributed by atoms with Gasteiger partial charge in [0.25, 0.3) is 0 Å². The summed E-state index contributed by atoms with van der Waals surface area (Å²) in [5.41, 5.74) is 1.52. The number of rotatable bonds is 8. The maximum Gasteiger partial charge on any atom is 0.244 e. The molecule has 162 valence electrons. The molecule has 0 aliphatic rings. The van der Waals surface area contributed by atoms with E-state index >= 15 is 0 Å². The van der Waals surface area contributed by atoms with Crippen molar-refractivity contribution in [3.05, 3.63) is 53.0 Å². The van der Waals surface area contributed by atoms with Gasteiger partial charge < -0.3 is 0 Å². The number of fused-ring (bicyclic) bond motifs is 2. The van der Waals surface area contributed by atoms with E-state index in [4.69, 9.17) is 0 Å². The van der Waals surface area contributed by atoms with Gasteiger partial charge in [0.15, 0.2) is 16.6 Å². The Labute approximate surface area is 189 Å². The lowest BCUT2D eigenvalue weighted by atomic mass is 10.1. The zero-order valence-corrected chi connectivity index (χ0v) is 19.9. The first-order valence-electron chi connectivity index (χ1n) is 9.85. The number of hydrogen-bond donors (Lipinski definition) is 0. The van der Waals surface area contributed by atoms with Crippen LogP contribution in [-0.2, 0) is 10.0 Å². The molecule has 0 saturated carbocycles. The standard InChI is InChI=1S/C21H22N4O3S3/c1-4-24(5-2)31(27,28)15-10-11-19-22-23-21(25(19)12-15)29-13-17(26)20-14(3)16-8-6-7-9-18(16)30-20/h6-12H,4-5,13H2,1-3H3. The van der Waals surface area contributed by atoms with Crippen LogP contribution in [0.4, 0.5) is 0 Å². The number of nitrogens with zero attached hydrogens (tertiary/aromatic N) is 4. The Hall–Kier alpha value is -2.27. The monoisotopic (exact) mass is 474 g/mol. The molecule has 0 aliphatic carbocycles. The number of aryl methyl sites for hydroxylation is 1. The summed E-state index contributed by atoms with van der Waals surface area (Å²) in [6, 6.07) is 11.1. The molecule has 7 nitrogen and oxygen atoms in total. The summed E-state index contributed by atoms with van der Waals surface area (Å²) in [4.78, 5) is 13.8. The number of carbonyl (C=O) groups excluding carboxylic acids is 1. The number of pyridine rings is 1. The molecule has 0 fully saturated rings. The second-order valence-electron chi connectivity index (χ2n) is 6.93. The molecule has 3 aromatic heterocycles. The summed E-state index contributed by atoms with van der Waals surface area (Å²) in [5, 5.41) is 9.84. The highest BCUT2D eigenvalue weighted by Crippen LogP contribution is 2.32. The van der Waals surface area contributed by atoms with Gasteiger partial charge in [-0.05, 0) is 36.1 Å². The highest BCUT2D eigenvalue weighted by atomic mass is 32.2. The van der Waals surface area contributed by atoms with Gasteiger partial charge in [-0.15, -0.1) is 21.5 Å². The number of carbonyl (C=O) groups is 1. The van der Waals surface area contributed by atoms with Crippen LogP contribution < -0.4 is 0 Å². The van der Waals surface area contributed by atoms with Crippen molar-refractivity contribution < 1.29 is 13.2 Å². The molecular formula is C21H22N4O3S3. The Morgan fingerprint density at radius 2 is 1.87 bits per heavy atom. The summed E-state index contributed by atoms with van der Waals surface area (Å²) in [6.07, 6.45) is 1.53. The van der Waals surface area contributed by atoms with E-state index in [0.717, 1.165) is 20.5 Å². The molecule has 0 radical (unpaired) electrons. The average molecular weight is 475 g/mol. The van der Waals surface area contributed by atoms with Gasteiger partial charge in [-0.2, -0.15) is 4.31 Å². The number of ketones is 1. The Bertz CT molecular complexity index is 1370. The SMILES string of the molecule is CCN(CC)S(=O)(=O)c1ccc2nnc(SCC(=O)c3sc4ccccc4c3C)n2c1. The molecule has 4 aromatic rings. The van der Waals surface area contributed by atoms with Crippen LogP contribution in [0.2, 0.25) is 0 Å². The van der Waals surface area contributed by atoms with Crippen LogP contribution in [0.3, 0.4) is 0 Å². The second-order valence-corrected chi connectivity index (χ2v) is 10.9. The third kappa shape index (κ3) is 4.00. The van der Waals surface area contributed by atoms with Crippen LogP contribution in [-0.4, -0.2) is 51.9 Å². The molecular weight excluding hydrogens is 452 g/mol. The smallest absolute Gasteiger partial charge is 0.244 e. The normalized spacial score (nSPS) is 12.3. The lowest BCUT2D eigenvalue weighted by molar-refractivity contribution is 0.102. The van der Waals surface area contributed by atoms with E-state index in [1.165, 1.54) is 39.7 Å². The van der Waals surface area contributed by atoms with Crippen molar-refractivity contribution in [1.82, 2.24) is 18.9 Å². The second kappa shape index (κ2) is 8.70. The van der Waals surface area contributed by atoms with Gasteiger partial charge in [-0.1, -0.05) is 43.8 Å². The van der Waals surface area contributed by atoms with Crippen LogP contribution in [0.1, 0.15) is 29.1 Å². The van der Waals surface area contributed by atoms with Crippen molar-refractivity contribution in [2.24, 2.45) is 0 Å². The van der Waals surface area contributed by atoms with Crippen molar-refractivity contribution in [3.8, 4) is 0 Å². The lowest BCUT2D eigenvalue weighted by Gasteiger charge is -2.18. The Morgan fingerprint density at radius 1 is 1.13 bits per heavy atom. The molecule has 0 spiro atoms. The van der Waals surface area contributed by atoms with Crippen molar-refractivity contribution in [3.63, 3.8) is 0 Å². The van der Waals surface area contributed by atoms with Crippen molar-refractivity contribution in [1.29, 1.82) is 0 Å². The van der Waals surface area contributed by atoms with Crippen LogP contribution in [0.5, 0.6) is 0 Å². The number of Topliss-reactive ketones (excluding diaryl/α,β-unsaturated/α-hetero) is 1. The summed E-state index contributed by atoms with van der Waals surface area (Å²) in [6.45, 7) is 6.36. The Balaban J connectivity index is 1.60. The Morgan fingerprint density at radius 3 is 2.58 bits per heavy atom. The predicted molar refractivity (Wildman–Crippen MR) is 125 cm³/mol. The molecule has 31 heavy (non-hydrogen) atoms. The van der Waals surface area contributed by atoms with E-state index in [0.29, 0.717) is 23.9 Å². The maximum absolute atomic E-state index is 12.9. The highest BCUT2D eigenvalue weighted by Gasteiger charge is 2.23. The lowest BCUT2D eigenvalue weighted by Crippen LogP contribution is -2.30. The number of thiophene rings is 1. The van der Waals surface area contributed by atoms with Crippen molar-refractivity contribution in [2.45, 2.75) is 30.8 Å². The fraction of sp³-hybridized carbons (Fsp3) is 0.286. The van der Waals surface area contributed by atoms with E-state index < -0.39 is 10.0 Å². The number of benzene rings is 1. The van der Waals surface area contributed by atoms with Gasteiger partial charge in [0, 0.05) is 24.0 Å². The molecule has 0 atom stereocenters. The molecule has 0 saturated heterocycles. The molecule has 3 heterocycles. The minimum absolute atomic E-state index is 0.0207. The number of sulfonamides is 1. The fourth-order valence-electron chi connectivity index (χ4n) is 3.45. The van der Waals surface area contributed by atoms with E-state index in [-0.39, 0.29) is 16.4 Å². The predicted octanol–water partition coefficient (Wildman–Crippen LogP) is 4.26. The number of hydrogen-bond acceptors (Lipinski definition) is 7. The highest BCUT2D eigenvalue weighted by molar-refractivity contribution is 7.99. The van der Waals surface area contributed by atoms with E-state index in [1.54, 1.807) is 24.3 Å². The first-order chi connectivity index (χ1) is 14.9. The zero-order chi connectivity index (χ0) is 22.2. The molecule has 0 amide bonds. The van der Waals surface area contributed by atoms with Crippen molar-refractivity contribution >= 4 is 54.6 Å². The minimum Gasteiger partial charge on any atom is -0.292 e. The molecule has 4 rings (SSSR count). The van der Waals surface area contributed by atoms with Gasteiger partial charge >= 0.3 is 0 Å². The third-order valence-corrected chi connectivity index (χ3v) is 9.41. The molecule has 0 N–H and O–H groups in total. The van der Waals surface area contributed by atoms with Crippen molar-refractivity contribution in [2.75, 3.05) is 18.8 Å². The van der Waals surface area contributed by atoms with E-state index in [2.05, 4.69) is 10.2 Å². The zero-order valence-electron chi connectivity index (χ0n) is 17.4. The summed E-state index contributed by atoms with van der Waals surface area (Å²) in [7, 11) is -3.60. The van der Waals surface area contributed by atoms with Gasteiger partial charge in [0.1, 0.15) is 0 Å². The largest absolute Gasteiger partial charge is 0.292 e. The quantitative estimate of drug-likeness (QED) is 0.280. The number of aromatic nitrogens is 3. The minimum atomic E-state index is -3.60. The topological polar surface area (TPSA) is 84.6 Å². The third-order valence-electron chi connectivity index (χ3n) is 5.12. The summed E-state index contributed by atoms with van der Waals surface area (Å²) >= 11 is 2.75. The average Bonchev–Trinajstić information content (AvgIpc) is 3.33. The maximum atomic E-state index is 12.9. The van der Waals surface area contributed by atoms with Crippen LogP contribution in [0.25, 0.3) is 15.7 Å². The number of thioether (sulfide) groups is 1. The molecule has 10 heteroatoms. The summed E-state index contributed by atoms with van der Waals surface area (Å²) < 4.78 is 29.8. The van der Waals surface area contributed by atoms with Gasteiger partial charge in [0.05, 0.1) is 15.5 Å². The van der Waals surface area contributed by atoms with Gasteiger partial charge in [-0.25, -0.2) is 8.42 Å². The fourth-order valence-corrected chi connectivity index (χ4v) is 6.93. The van der Waals surface area contributed by atoms with Gasteiger partial charge in [-0.3, -0.25) is 9.20 Å². The first-order valence-corrected chi connectivity index (χ1v) is 13.1. The molecule has 0 bridgehead atoms. The van der Waals surface area contributed by atoms with E-state index in [9.17, 15) is 13.2 Å². The van der Waals surface area contributed by atoms with Crippen LogP contribution >= 0.6 is 23.1 Å². The molecule has 1 aromatic carbocycles. The first kappa shape index (κ1) is 21.9.